The van der Waals surface area contributed by atoms with Crippen LogP contribution >= 0.6 is 0 Å². The highest BCUT2D eigenvalue weighted by molar-refractivity contribution is 7.89. The van der Waals surface area contributed by atoms with Crippen molar-refractivity contribution in [1.29, 1.82) is 0 Å². The molecule has 0 saturated carbocycles. The predicted molar refractivity (Wildman–Crippen MR) is 86.9 cm³/mol. The van der Waals surface area contributed by atoms with Crippen LogP contribution in [-0.4, -0.2) is 50.0 Å². The second kappa shape index (κ2) is 8.41. The van der Waals surface area contributed by atoms with E-state index in [2.05, 4.69) is 9.82 Å². The Morgan fingerprint density at radius 1 is 1.62 bits per heavy atom. The van der Waals surface area contributed by atoms with Crippen molar-refractivity contribution < 1.29 is 22.7 Å². The molecule has 8 nitrogen and oxygen atoms in total. The Morgan fingerprint density at radius 3 is 3.04 bits per heavy atom. The molecule has 0 radical (unpaired) electrons. The highest BCUT2D eigenvalue weighted by atomic mass is 32.2. The average molecular weight is 357 g/mol. The van der Waals surface area contributed by atoms with E-state index in [1.807, 2.05) is 0 Å². The summed E-state index contributed by atoms with van der Waals surface area (Å²) in [6.07, 6.45) is 7.21. The van der Waals surface area contributed by atoms with Crippen LogP contribution in [0.25, 0.3) is 0 Å². The van der Waals surface area contributed by atoms with Gasteiger partial charge in [-0.3, -0.25) is 9.48 Å². The molecule has 1 saturated heterocycles. The Balaban J connectivity index is 2.13. The molecular formula is C15H23N3O5S. The van der Waals surface area contributed by atoms with Crippen molar-refractivity contribution in [3.05, 3.63) is 24.5 Å². The van der Waals surface area contributed by atoms with E-state index in [9.17, 15) is 13.2 Å². The molecule has 1 aromatic heterocycles. The summed E-state index contributed by atoms with van der Waals surface area (Å²) >= 11 is 0. The summed E-state index contributed by atoms with van der Waals surface area (Å²) < 4.78 is 39.2. The van der Waals surface area contributed by atoms with E-state index in [1.165, 1.54) is 12.4 Å². The lowest BCUT2D eigenvalue weighted by molar-refractivity contribution is -0.145. The number of allylic oxidation sites excluding steroid dienone is 1. The second-order valence-electron chi connectivity index (χ2n) is 5.40. The van der Waals surface area contributed by atoms with Gasteiger partial charge in [0.1, 0.15) is 10.9 Å². The van der Waals surface area contributed by atoms with Crippen molar-refractivity contribution >= 4 is 16.0 Å². The molecule has 0 amide bonds. The summed E-state index contributed by atoms with van der Waals surface area (Å²) in [6.45, 7) is 4.81. The monoisotopic (exact) mass is 357 g/mol. The molecule has 2 atom stereocenters. The van der Waals surface area contributed by atoms with Crippen LogP contribution in [0, 0.1) is 0 Å². The third-order valence-corrected chi connectivity index (χ3v) is 5.07. The van der Waals surface area contributed by atoms with Gasteiger partial charge in [-0.15, -0.1) is 0 Å². The summed E-state index contributed by atoms with van der Waals surface area (Å²) in [5, 5.41) is 4.10. The molecule has 0 bridgehead atoms. The predicted octanol–water partition coefficient (Wildman–Crippen LogP) is 1.02. The maximum atomic E-state index is 12.5. The minimum Gasteiger partial charge on any atom is -0.465 e. The first kappa shape index (κ1) is 18.6. The molecule has 24 heavy (non-hydrogen) atoms. The lowest BCUT2D eigenvalue weighted by atomic mass is 10.2. The van der Waals surface area contributed by atoms with Crippen molar-refractivity contribution in [3.8, 4) is 0 Å². The Hall–Kier alpha value is -1.71. The van der Waals surface area contributed by atoms with Gasteiger partial charge >= 0.3 is 5.97 Å². The zero-order valence-electron chi connectivity index (χ0n) is 13.8. The first-order chi connectivity index (χ1) is 11.5. The molecule has 1 fully saturated rings. The van der Waals surface area contributed by atoms with Gasteiger partial charge in [-0.25, -0.2) is 8.42 Å². The minimum absolute atomic E-state index is 0.0178. The van der Waals surface area contributed by atoms with Crippen LogP contribution in [0.5, 0.6) is 0 Å². The van der Waals surface area contributed by atoms with E-state index in [0.29, 0.717) is 13.2 Å². The Bertz CT molecular complexity index is 677. The van der Waals surface area contributed by atoms with Crippen molar-refractivity contribution in [1.82, 2.24) is 14.5 Å². The van der Waals surface area contributed by atoms with E-state index in [-0.39, 0.29) is 24.0 Å². The second-order valence-corrected chi connectivity index (χ2v) is 7.12. The molecule has 1 N–H and O–H groups in total. The fourth-order valence-electron chi connectivity index (χ4n) is 2.35. The quantitative estimate of drug-likeness (QED) is 0.551. The minimum atomic E-state index is -3.87. The number of carbonyl (C=O) groups is 1. The number of sulfonamides is 1. The number of aromatic nitrogens is 2. The zero-order chi connectivity index (χ0) is 17.6. The first-order valence-electron chi connectivity index (χ1n) is 7.90. The first-order valence-corrected chi connectivity index (χ1v) is 9.38. The summed E-state index contributed by atoms with van der Waals surface area (Å²) in [5.41, 5.74) is 0. The van der Waals surface area contributed by atoms with Crippen LogP contribution in [0.1, 0.15) is 32.7 Å². The Kier molecular flexibility index (Phi) is 6.52. The fraction of sp³-hybridized carbons (Fsp3) is 0.600. The number of carbonyl (C=O) groups excluding carboxylic acids is 1. The molecule has 9 heteroatoms. The lowest BCUT2D eigenvalue weighted by Crippen LogP contribution is -2.41. The maximum Gasteiger partial charge on any atom is 0.324 e. The number of nitrogens with one attached hydrogen (secondary N) is 1. The highest BCUT2D eigenvalue weighted by Crippen LogP contribution is 2.20. The Morgan fingerprint density at radius 2 is 2.42 bits per heavy atom. The van der Waals surface area contributed by atoms with Crippen LogP contribution in [0.2, 0.25) is 0 Å². The smallest absolute Gasteiger partial charge is 0.324 e. The summed E-state index contributed by atoms with van der Waals surface area (Å²) in [7, 11) is -3.87. The number of hydrogen-bond donors (Lipinski definition) is 1. The highest BCUT2D eigenvalue weighted by Gasteiger charge is 2.28. The molecule has 2 rings (SSSR count). The van der Waals surface area contributed by atoms with E-state index >= 15 is 0 Å². The van der Waals surface area contributed by atoms with Gasteiger partial charge in [0.05, 0.1) is 25.5 Å². The standard InChI is InChI=1S/C15H23N3O5S/c1-3-5-6-14(15(19)23-4-2)17-24(20,21)13-9-16-18(10-13)12-7-8-22-11-12/h3,5,9-10,12,14,17H,4,6-8,11H2,1-2H3. The number of hydrogen-bond acceptors (Lipinski definition) is 6. The molecular weight excluding hydrogens is 334 g/mol. The van der Waals surface area contributed by atoms with Gasteiger partial charge in [0.25, 0.3) is 0 Å². The topological polar surface area (TPSA) is 99.5 Å². The number of rotatable bonds is 8. The van der Waals surface area contributed by atoms with Crippen molar-refractivity contribution in [3.63, 3.8) is 0 Å². The van der Waals surface area contributed by atoms with Gasteiger partial charge in [-0.1, -0.05) is 12.2 Å². The number of ether oxygens (including phenoxy) is 2. The maximum absolute atomic E-state index is 12.5. The molecule has 1 aromatic rings. The normalized spacial score (nSPS) is 19.7. The van der Waals surface area contributed by atoms with Crippen LogP contribution in [0.3, 0.4) is 0 Å². The van der Waals surface area contributed by atoms with Crippen molar-refractivity contribution in [2.75, 3.05) is 19.8 Å². The third kappa shape index (κ3) is 4.65. The summed E-state index contributed by atoms with van der Waals surface area (Å²) in [6, 6.07) is -0.929. The van der Waals surface area contributed by atoms with E-state index in [0.717, 1.165) is 6.42 Å². The zero-order valence-corrected chi connectivity index (χ0v) is 14.7. The van der Waals surface area contributed by atoms with Crippen molar-refractivity contribution in [2.24, 2.45) is 0 Å². The van der Waals surface area contributed by atoms with Gasteiger partial charge in [0.2, 0.25) is 10.0 Å². The third-order valence-electron chi connectivity index (χ3n) is 3.64. The van der Waals surface area contributed by atoms with Gasteiger partial charge < -0.3 is 9.47 Å². The molecule has 1 aliphatic heterocycles. The summed E-state index contributed by atoms with van der Waals surface area (Å²) in [5.74, 6) is -0.601. The van der Waals surface area contributed by atoms with Crippen molar-refractivity contribution in [2.45, 2.75) is 43.7 Å². The van der Waals surface area contributed by atoms with E-state index in [1.54, 1.807) is 30.7 Å². The molecule has 0 aromatic carbocycles. The van der Waals surface area contributed by atoms with Gasteiger partial charge in [-0.05, 0) is 26.7 Å². The fourth-order valence-corrected chi connectivity index (χ4v) is 3.49. The van der Waals surface area contributed by atoms with E-state index < -0.39 is 22.0 Å². The Labute approximate surface area is 141 Å². The molecule has 2 heterocycles. The lowest BCUT2D eigenvalue weighted by Gasteiger charge is -2.15. The number of nitrogens with zero attached hydrogens (tertiary/aromatic N) is 2. The summed E-state index contributed by atoms with van der Waals surface area (Å²) in [4.78, 5) is 12.0. The molecule has 0 spiro atoms. The average Bonchev–Trinajstić information content (AvgIpc) is 3.21. The van der Waals surface area contributed by atoms with Crippen LogP contribution in [-0.2, 0) is 24.3 Å². The van der Waals surface area contributed by atoms with Gasteiger partial charge in [-0.2, -0.15) is 9.82 Å². The van der Waals surface area contributed by atoms with Gasteiger partial charge in [0, 0.05) is 12.8 Å². The van der Waals surface area contributed by atoms with Crippen LogP contribution in [0.15, 0.2) is 29.4 Å². The number of esters is 1. The SMILES string of the molecule is CC=CCC(NS(=O)(=O)c1cnn(C2CCOC2)c1)C(=O)OCC. The molecule has 2 unspecified atom stereocenters. The van der Waals surface area contributed by atoms with Crippen LogP contribution in [0.4, 0.5) is 0 Å². The van der Waals surface area contributed by atoms with E-state index in [4.69, 9.17) is 9.47 Å². The van der Waals surface area contributed by atoms with Crippen LogP contribution < -0.4 is 4.72 Å². The largest absolute Gasteiger partial charge is 0.465 e. The molecule has 134 valence electrons. The van der Waals surface area contributed by atoms with Gasteiger partial charge in [0.15, 0.2) is 0 Å². The molecule has 1 aliphatic rings. The molecule has 0 aliphatic carbocycles.